The smallest absolute Gasteiger partial charge is 0.235 e. The molecule has 5 heteroatoms. The van der Waals surface area contributed by atoms with Crippen molar-refractivity contribution >= 4 is 11.6 Å². The Kier molecular flexibility index (Phi) is 1.26. The zero-order valence-corrected chi connectivity index (χ0v) is 4.50. The van der Waals surface area contributed by atoms with Crippen molar-refractivity contribution in [3.05, 3.63) is 11.2 Å². The van der Waals surface area contributed by atoms with Crippen LogP contribution in [-0.2, 0) is 0 Å². The van der Waals surface area contributed by atoms with E-state index in [0.717, 1.165) is 0 Å². The Hall–Kier alpha value is -0.900. The fourth-order valence-corrected chi connectivity index (χ4v) is 0.407. The van der Waals surface area contributed by atoms with Crippen LogP contribution in [0.2, 0.25) is 5.15 Å². The highest BCUT2D eigenvalue weighted by Crippen LogP contribution is 2.05. The zero-order chi connectivity index (χ0) is 5.98. The zero-order valence-electron chi connectivity index (χ0n) is 3.74. The molecular weight excluding hydrogens is 130 g/mol. The standard InChI is InChI=1S/C3H2ClN3O/c4-2-1-3(8)6-7-5-2/h1H,(H,5,6,8). The molecule has 1 aromatic heterocycles. The van der Waals surface area contributed by atoms with Crippen molar-refractivity contribution in [2.45, 2.75) is 0 Å². The van der Waals surface area contributed by atoms with Crippen molar-refractivity contribution in [3.63, 3.8) is 0 Å². The summed E-state index contributed by atoms with van der Waals surface area (Å²) >= 11 is 5.27. The first-order valence-electron chi connectivity index (χ1n) is 1.84. The Morgan fingerprint density at radius 3 is 2.62 bits per heavy atom. The van der Waals surface area contributed by atoms with Gasteiger partial charge in [-0.3, -0.25) is 0 Å². The van der Waals surface area contributed by atoms with Gasteiger partial charge in [0, 0.05) is 6.07 Å². The summed E-state index contributed by atoms with van der Waals surface area (Å²) in [4.78, 5) is 0. The summed E-state index contributed by atoms with van der Waals surface area (Å²) in [5, 5.41) is 18.2. The fourth-order valence-electron chi connectivity index (χ4n) is 0.275. The molecule has 0 saturated carbocycles. The van der Waals surface area contributed by atoms with Crippen LogP contribution in [0.3, 0.4) is 0 Å². The lowest BCUT2D eigenvalue weighted by atomic mass is 10.7. The van der Waals surface area contributed by atoms with Crippen molar-refractivity contribution in [1.82, 2.24) is 15.4 Å². The van der Waals surface area contributed by atoms with Gasteiger partial charge < -0.3 is 5.11 Å². The van der Waals surface area contributed by atoms with Gasteiger partial charge in [-0.25, -0.2) is 0 Å². The second-order valence-electron chi connectivity index (χ2n) is 1.11. The van der Waals surface area contributed by atoms with Gasteiger partial charge in [-0.2, -0.15) is 0 Å². The Bertz CT molecular complexity index is 174. The third-order valence-electron chi connectivity index (χ3n) is 0.536. The third-order valence-corrected chi connectivity index (χ3v) is 0.720. The van der Waals surface area contributed by atoms with Crippen LogP contribution in [0.25, 0.3) is 0 Å². The molecule has 0 unspecified atom stereocenters. The van der Waals surface area contributed by atoms with Crippen LogP contribution in [0.1, 0.15) is 0 Å². The first kappa shape index (κ1) is 5.24. The predicted molar refractivity (Wildman–Crippen MR) is 26.5 cm³/mol. The van der Waals surface area contributed by atoms with E-state index in [0.29, 0.717) is 0 Å². The highest BCUT2D eigenvalue weighted by atomic mass is 35.5. The van der Waals surface area contributed by atoms with Crippen molar-refractivity contribution in [2.75, 3.05) is 0 Å². The molecule has 0 radical (unpaired) electrons. The van der Waals surface area contributed by atoms with Crippen molar-refractivity contribution in [2.24, 2.45) is 0 Å². The summed E-state index contributed by atoms with van der Waals surface area (Å²) in [5.41, 5.74) is 0. The molecule has 1 aromatic rings. The molecule has 0 aliphatic carbocycles. The molecular formula is C3H2ClN3O. The summed E-state index contributed by atoms with van der Waals surface area (Å²) in [7, 11) is 0. The van der Waals surface area contributed by atoms with E-state index in [1.54, 1.807) is 0 Å². The molecule has 1 N–H and O–H groups in total. The minimum absolute atomic E-state index is 0.137. The highest BCUT2D eigenvalue weighted by Gasteiger charge is 1.90. The predicted octanol–water partition coefficient (Wildman–Crippen LogP) is 0.231. The van der Waals surface area contributed by atoms with Gasteiger partial charge >= 0.3 is 0 Å². The monoisotopic (exact) mass is 131 g/mol. The van der Waals surface area contributed by atoms with Crippen molar-refractivity contribution in [1.29, 1.82) is 0 Å². The summed E-state index contributed by atoms with van der Waals surface area (Å²) in [6.07, 6.45) is 0. The highest BCUT2D eigenvalue weighted by molar-refractivity contribution is 6.29. The Labute approximate surface area is 50.1 Å². The molecule has 1 rings (SSSR count). The molecule has 0 spiro atoms. The lowest BCUT2D eigenvalue weighted by Crippen LogP contribution is -1.84. The van der Waals surface area contributed by atoms with Crippen molar-refractivity contribution < 1.29 is 5.11 Å². The van der Waals surface area contributed by atoms with E-state index >= 15 is 0 Å². The van der Waals surface area contributed by atoms with E-state index in [9.17, 15) is 0 Å². The van der Waals surface area contributed by atoms with Crippen LogP contribution in [-0.4, -0.2) is 20.5 Å². The van der Waals surface area contributed by atoms with Crippen LogP contribution >= 0.6 is 11.6 Å². The van der Waals surface area contributed by atoms with Gasteiger partial charge in [-0.1, -0.05) is 16.7 Å². The molecule has 42 valence electrons. The SMILES string of the molecule is Oc1cc(Cl)nnn1. The van der Waals surface area contributed by atoms with E-state index in [1.807, 2.05) is 0 Å². The van der Waals surface area contributed by atoms with E-state index in [2.05, 4.69) is 15.4 Å². The summed E-state index contributed by atoms with van der Waals surface area (Å²) in [6, 6.07) is 1.20. The second kappa shape index (κ2) is 1.92. The number of aromatic nitrogens is 3. The van der Waals surface area contributed by atoms with E-state index in [-0.39, 0.29) is 11.0 Å². The van der Waals surface area contributed by atoms with Gasteiger partial charge in [0.25, 0.3) is 0 Å². The number of hydrogen-bond donors (Lipinski definition) is 1. The second-order valence-corrected chi connectivity index (χ2v) is 1.50. The lowest BCUT2D eigenvalue weighted by molar-refractivity contribution is 0.440. The molecule has 0 fully saturated rings. The maximum Gasteiger partial charge on any atom is 0.235 e. The van der Waals surface area contributed by atoms with Crippen LogP contribution in [0.5, 0.6) is 5.88 Å². The van der Waals surface area contributed by atoms with Gasteiger partial charge in [0.15, 0.2) is 5.15 Å². The summed E-state index contributed by atoms with van der Waals surface area (Å²) < 4.78 is 0. The first-order chi connectivity index (χ1) is 3.79. The van der Waals surface area contributed by atoms with E-state index in [4.69, 9.17) is 16.7 Å². The topological polar surface area (TPSA) is 58.9 Å². The van der Waals surface area contributed by atoms with Crippen LogP contribution < -0.4 is 0 Å². The molecule has 0 bridgehead atoms. The molecule has 0 aliphatic heterocycles. The average molecular weight is 132 g/mol. The quantitative estimate of drug-likeness (QED) is 0.548. The molecule has 4 nitrogen and oxygen atoms in total. The molecule has 0 atom stereocenters. The van der Waals surface area contributed by atoms with Crippen molar-refractivity contribution in [3.8, 4) is 5.88 Å². The Morgan fingerprint density at radius 2 is 2.25 bits per heavy atom. The van der Waals surface area contributed by atoms with Crippen LogP contribution in [0, 0.1) is 0 Å². The number of aromatic hydroxyl groups is 1. The molecule has 8 heavy (non-hydrogen) atoms. The third kappa shape index (κ3) is 1.04. The van der Waals surface area contributed by atoms with Gasteiger partial charge in [0.05, 0.1) is 0 Å². The Balaban J connectivity index is 3.08. The van der Waals surface area contributed by atoms with Gasteiger partial charge in [-0.15, -0.1) is 5.10 Å². The van der Waals surface area contributed by atoms with Gasteiger partial charge in [0.1, 0.15) is 0 Å². The van der Waals surface area contributed by atoms with E-state index < -0.39 is 0 Å². The normalized spacial score (nSPS) is 9.12. The average Bonchev–Trinajstić information content (AvgIpc) is 1.64. The Morgan fingerprint density at radius 1 is 1.50 bits per heavy atom. The van der Waals surface area contributed by atoms with E-state index in [1.165, 1.54) is 6.07 Å². The molecule has 0 amide bonds. The number of nitrogens with zero attached hydrogens (tertiary/aromatic N) is 3. The number of rotatable bonds is 0. The maximum atomic E-state index is 8.52. The molecule has 1 heterocycles. The molecule has 0 aliphatic rings. The van der Waals surface area contributed by atoms with Crippen LogP contribution in [0.4, 0.5) is 0 Å². The largest absolute Gasteiger partial charge is 0.492 e. The minimum atomic E-state index is -0.218. The molecule has 0 aromatic carbocycles. The summed E-state index contributed by atoms with van der Waals surface area (Å²) in [5.74, 6) is -0.218. The summed E-state index contributed by atoms with van der Waals surface area (Å²) in [6.45, 7) is 0. The minimum Gasteiger partial charge on any atom is -0.492 e. The van der Waals surface area contributed by atoms with Crippen LogP contribution in [0.15, 0.2) is 6.07 Å². The van der Waals surface area contributed by atoms with Gasteiger partial charge in [-0.05, 0) is 5.21 Å². The van der Waals surface area contributed by atoms with Gasteiger partial charge in [0.2, 0.25) is 5.88 Å². The fraction of sp³-hybridized carbons (Fsp3) is 0. The lowest BCUT2D eigenvalue weighted by Gasteiger charge is -1.84. The molecule has 0 saturated heterocycles. The first-order valence-corrected chi connectivity index (χ1v) is 2.22. The number of halogens is 1. The number of hydrogen-bond acceptors (Lipinski definition) is 4. The maximum absolute atomic E-state index is 8.52.